The molecule has 0 bridgehead atoms. The third kappa shape index (κ3) is 4.09. The van der Waals surface area contributed by atoms with E-state index in [1.165, 1.54) is 11.1 Å². The van der Waals surface area contributed by atoms with Gasteiger partial charge >= 0.3 is 0 Å². The third-order valence-corrected chi connectivity index (χ3v) is 6.55. The maximum atomic E-state index is 12.2. The molecule has 1 saturated heterocycles. The molecule has 0 saturated carbocycles. The molecule has 2 heterocycles. The number of hydrogen-bond donors (Lipinski definition) is 1. The average molecular weight is 426 g/mol. The van der Waals surface area contributed by atoms with Crippen molar-refractivity contribution < 1.29 is 9.59 Å². The zero-order valence-electron chi connectivity index (χ0n) is 18.0. The minimum Gasteiger partial charge on any atom is -0.300 e. The zero-order valence-corrected chi connectivity index (χ0v) is 18.0. The number of carbonyl (C=O) groups excluding carboxylic acids is 2. The molecule has 3 aromatic rings. The number of amides is 2. The van der Waals surface area contributed by atoms with Gasteiger partial charge in [-0.05, 0) is 29.2 Å². The Bertz CT molecular complexity index is 1070. The molecule has 2 aliphatic rings. The van der Waals surface area contributed by atoms with E-state index in [2.05, 4.69) is 75.8 Å². The zero-order chi connectivity index (χ0) is 21.9. The molecule has 0 atom stereocenters. The van der Waals surface area contributed by atoms with Crippen LogP contribution in [0.1, 0.15) is 43.4 Å². The fraction of sp³-hybridized carbons (Fsp3) is 0.259. The van der Waals surface area contributed by atoms with Crippen molar-refractivity contribution in [2.45, 2.75) is 12.5 Å². The molecule has 0 radical (unpaired) electrons. The molecule has 162 valence electrons. The maximum Gasteiger partial charge on any atom is 0.259 e. The predicted octanol–water partition coefficient (Wildman–Crippen LogP) is 3.52. The number of nitrogens with zero attached hydrogens (tertiary/aromatic N) is 2. The van der Waals surface area contributed by atoms with Gasteiger partial charge in [-0.1, -0.05) is 72.8 Å². The van der Waals surface area contributed by atoms with Gasteiger partial charge in [0.2, 0.25) is 0 Å². The highest BCUT2D eigenvalue weighted by atomic mass is 16.2. The van der Waals surface area contributed by atoms with E-state index in [9.17, 15) is 9.59 Å². The monoisotopic (exact) mass is 425 g/mol. The highest BCUT2D eigenvalue weighted by Crippen LogP contribution is 2.29. The molecule has 3 aromatic carbocycles. The number of imide groups is 1. The molecular formula is C27H27N3O2. The third-order valence-electron chi connectivity index (χ3n) is 6.55. The molecular weight excluding hydrogens is 398 g/mol. The molecule has 1 fully saturated rings. The lowest BCUT2D eigenvalue weighted by atomic mass is 9.96. The van der Waals surface area contributed by atoms with Gasteiger partial charge in [0.1, 0.15) is 0 Å². The second-order valence-corrected chi connectivity index (χ2v) is 8.47. The van der Waals surface area contributed by atoms with Crippen LogP contribution in [0.2, 0.25) is 0 Å². The second kappa shape index (κ2) is 9.07. The van der Waals surface area contributed by atoms with Crippen LogP contribution in [0.25, 0.3) is 0 Å². The van der Waals surface area contributed by atoms with E-state index in [0.29, 0.717) is 11.1 Å². The van der Waals surface area contributed by atoms with Crippen molar-refractivity contribution in [1.82, 2.24) is 15.1 Å². The largest absolute Gasteiger partial charge is 0.300 e. The van der Waals surface area contributed by atoms with Gasteiger partial charge < -0.3 is 4.90 Å². The van der Waals surface area contributed by atoms with Crippen molar-refractivity contribution in [3.05, 3.63) is 107 Å². The average Bonchev–Trinajstić information content (AvgIpc) is 3.14. The summed E-state index contributed by atoms with van der Waals surface area (Å²) in [5.41, 5.74) is 4.67. The Kier molecular flexibility index (Phi) is 5.84. The van der Waals surface area contributed by atoms with Crippen molar-refractivity contribution in [3.63, 3.8) is 0 Å². The molecule has 0 aliphatic carbocycles. The quantitative estimate of drug-likeness (QED) is 0.614. The molecule has 5 rings (SSSR count). The topological polar surface area (TPSA) is 52.7 Å². The van der Waals surface area contributed by atoms with Crippen LogP contribution in [-0.4, -0.2) is 54.3 Å². The number of hydrogen-bond acceptors (Lipinski definition) is 4. The smallest absolute Gasteiger partial charge is 0.259 e. The highest BCUT2D eigenvalue weighted by Gasteiger charge is 2.30. The Morgan fingerprint density at radius 1 is 0.719 bits per heavy atom. The molecule has 0 spiro atoms. The molecule has 2 aliphatic heterocycles. The summed E-state index contributed by atoms with van der Waals surface area (Å²) in [6.45, 7) is 4.82. The number of fused-ring (bicyclic) bond motifs is 1. The lowest BCUT2D eigenvalue weighted by Crippen LogP contribution is -2.48. The van der Waals surface area contributed by atoms with Gasteiger partial charge in [0.15, 0.2) is 0 Å². The van der Waals surface area contributed by atoms with Gasteiger partial charge in [-0.2, -0.15) is 0 Å². The first kappa shape index (κ1) is 20.6. The number of piperazine rings is 1. The number of benzene rings is 3. The van der Waals surface area contributed by atoms with Crippen molar-refractivity contribution in [2.75, 3.05) is 32.7 Å². The Labute approximate surface area is 188 Å². The SMILES string of the molecule is O=C1NC(=O)c2c(CCN3CCN(C(c4ccccc4)c4ccccc4)CC3)cccc21. The van der Waals surface area contributed by atoms with Crippen LogP contribution in [-0.2, 0) is 6.42 Å². The first-order valence-corrected chi connectivity index (χ1v) is 11.2. The van der Waals surface area contributed by atoms with Crippen LogP contribution in [0.15, 0.2) is 78.9 Å². The van der Waals surface area contributed by atoms with Crippen LogP contribution < -0.4 is 5.32 Å². The van der Waals surface area contributed by atoms with E-state index in [1.807, 2.05) is 12.1 Å². The minimum atomic E-state index is -0.284. The first-order chi connectivity index (χ1) is 15.7. The standard InChI is InChI=1S/C27H27N3O2/c31-26-23-13-7-12-20(24(23)27(32)28-26)14-15-29-16-18-30(19-17-29)25(21-8-3-1-4-9-21)22-10-5-2-6-11-22/h1-13,25H,14-19H2,(H,28,31,32). The van der Waals surface area contributed by atoms with Gasteiger partial charge in [-0.15, -0.1) is 0 Å². The molecule has 2 amide bonds. The Hall–Kier alpha value is -3.28. The van der Waals surface area contributed by atoms with Gasteiger partial charge in [0.05, 0.1) is 17.2 Å². The van der Waals surface area contributed by atoms with Crippen LogP contribution in [0.5, 0.6) is 0 Å². The van der Waals surface area contributed by atoms with Crippen LogP contribution in [0.4, 0.5) is 0 Å². The predicted molar refractivity (Wildman–Crippen MR) is 125 cm³/mol. The summed E-state index contributed by atoms with van der Waals surface area (Å²) in [5.74, 6) is -0.549. The van der Waals surface area contributed by atoms with E-state index in [0.717, 1.165) is 44.7 Å². The van der Waals surface area contributed by atoms with Gasteiger partial charge in [-0.25, -0.2) is 0 Å². The van der Waals surface area contributed by atoms with Crippen LogP contribution in [0, 0.1) is 0 Å². The van der Waals surface area contributed by atoms with Crippen molar-refractivity contribution in [3.8, 4) is 0 Å². The Morgan fingerprint density at radius 2 is 1.34 bits per heavy atom. The van der Waals surface area contributed by atoms with Gasteiger partial charge in [-0.3, -0.25) is 19.8 Å². The number of carbonyl (C=O) groups is 2. The van der Waals surface area contributed by atoms with Gasteiger partial charge in [0, 0.05) is 32.7 Å². The molecule has 1 N–H and O–H groups in total. The first-order valence-electron chi connectivity index (χ1n) is 11.2. The Balaban J connectivity index is 1.25. The van der Waals surface area contributed by atoms with E-state index in [4.69, 9.17) is 0 Å². The molecule has 5 nitrogen and oxygen atoms in total. The summed E-state index contributed by atoms with van der Waals surface area (Å²) < 4.78 is 0. The molecule has 5 heteroatoms. The van der Waals surface area contributed by atoms with E-state index in [1.54, 1.807) is 6.07 Å². The second-order valence-electron chi connectivity index (χ2n) is 8.47. The fourth-order valence-electron chi connectivity index (χ4n) is 4.91. The summed E-state index contributed by atoms with van der Waals surface area (Å²) in [4.78, 5) is 29.1. The lowest BCUT2D eigenvalue weighted by molar-refractivity contribution is 0.0879. The van der Waals surface area contributed by atoms with E-state index in [-0.39, 0.29) is 17.9 Å². The van der Waals surface area contributed by atoms with Crippen molar-refractivity contribution in [2.24, 2.45) is 0 Å². The van der Waals surface area contributed by atoms with Crippen LogP contribution in [0.3, 0.4) is 0 Å². The molecule has 0 aromatic heterocycles. The lowest BCUT2D eigenvalue weighted by Gasteiger charge is -2.40. The number of rotatable bonds is 6. The number of nitrogens with one attached hydrogen (secondary N) is 1. The maximum absolute atomic E-state index is 12.2. The summed E-state index contributed by atoms with van der Waals surface area (Å²) in [6, 6.07) is 27.3. The fourth-order valence-corrected chi connectivity index (χ4v) is 4.91. The van der Waals surface area contributed by atoms with E-state index >= 15 is 0 Å². The Morgan fingerprint density at radius 3 is 1.97 bits per heavy atom. The van der Waals surface area contributed by atoms with E-state index < -0.39 is 0 Å². The summed E-state index contributed by atoms with van der Waals surface area (Å²) in [5, 5.41) is 2.41. The normalized spacial score (nSPS) is 16.9. The van der Waals surface area contributed by atoms with Gasteiger partial charge in [0.25, 0.3) is 11.8 Å². The van der Waals surface area contributed by atoms with Crippen molar-refractivity contribution >= 4 is 11.8 Å². The van der Waals surface area contributed by atoms with Crippen LogP contribution >= 0.6 is 0 Å². The highest BCUT2D eigenvalue weighted by molar-refractivity contribution is 6.22. The minimum absolute atomic E-state index is 0.256. The summed E-state index contributed by atoms with van der Waals surface area (Å²) >= 11 is 0. The summed E-state index contributed by atoms with van der Waals surface area (Å²) in [7, 11) is 0. The summed E-state index contributed by atoms with van der Waals surface area (Å²) in [6.07, 6.45) is 0.769. The molecule has 32 heavy (non-hydrogen) atoms. The molecule has 0 unspecified atom stereocenters. The van der Waals surface area contributed by atoms with Crippen molar-refractivity contribution in [1.29, 1.82) is 0 Å².